The molecule has 0 amide bonds. The third-order valence-electron chi connectivity index (χ3n) is 5.23. The summed E-state index contributed by atoms with van der Waals surface area (Å²) in [5.74, 6) is -0.304. The van der Waals surface area contributed by atoms with E-state index in [-0.39, 0.29) is 17.2 Å². The van der Waals surface area contributed by atoms with Gasteiger partial charge in [-0.15, -0.1) is 24.5 Å². The lowest BCUT2D eigenvalue weighted by Crippen LogP contribution is -2.21. The van der Waals surface area contributed by atoms with Crippen LogP contribution in [0.1, 0.15) is 51.2 Å². The van der Waals surface area contributed by atoms with Gasteiger partial charge in [0.1, 0.15) is 10.7 Å². The van der Waals surface area contributed by atoms with Crippen LogP contribution in [0.15, 0.2) is 22.6 Å². The highest BCUT2D eigenvalue weighted by Gasteiger charge is 2.47. The molecule has 0 saturated heterocycles. The lowest BCUT2D eigenvalue weighted by atomic mass is 9.96. The topological polar surface area (TPSA) is 54.7 Å². The van der Waals surface area contributed by atoms with Crippen LogP contribution in [-0.4, -0.2) is 22.2 Å². The molecule has 0 aliphatic heterocycles. The monoisotopic (exact) mass is 412 g/mol. The Kier molecular flexibility index (Phi) is 5.55. The zero-order chi connectivity index (χ0) is 20.7. The molecule has 28 heavy (non-hydrogen) atoms. The van der Waals surface area contributed by atoms with Gasteiger partial charge in [-0.2, -0.15) is 0 Å². The van der Waals surface area contributed by atoms with Crippen LogP contribution in [0.25, 0.3) is 10.6 Å². The Balaban J connectivity index is 2.30. The minimum atomic E-state index is -4.89. The molecule has 1 aromatic heterocycles. The largest absolute Gasteiger partial charge is 0.573 e. The maximum Gasteiger partial charge on any atom is 0.573 e. The maximum atomic E-state index is 13.2. The first-order valence-corrected chi connectivity index (χ1v) is 10.0. The van der Waals surface area contributed by atoms with E-state index in [1.54, 1.807) is 31.5 Å². The van der Waals surface area contributed by atoms with Gasteiger partial charge in [-0.25, -0.2) is 4.98 Å². The summed E-state index contributed by atoms with van der Waals surface area (Å²) in [4.78, 5) is 8.84. The fourth-order valence-corrected chi connectivity index (χ4v) is 3.70. The second-order valence-electron chi connectivity index (χ2n) is 7.25. The molecular weight excluding hydrogens is 389 g/mol. The van der Waals surface area contributed by atoms with Crippen molar-refractivity contribution in [3.05, 3.63) is 28.8 Å². The summed E-state index contributed by atoms with van der Waals surface area (Å²) in [6.45, 7) is 7.47. The van der Waals surface area contributed by atoms with Crippen molar-refractivity contribution < 1.29 is 23.0 Å². The van der Waals surface area contributed by atoms with Gasteiger partial charge in [-0.1, -0.05) is 13.8 Å². The van der Waals surface area contributed by atoms with Crippen LogP contribution in [0.3, 0.4) is 0 Å². The fourth-order valence-electron chi connectivity index (χ4n) is 2.99. The lowest BCUT2D eigenvalue weighted by molar-refractivity contribution is -0.274. The van der Waals surface area contributed by atoms with Crippen molar-refractivity contribution in [2.24, 2.45) is 10.9 Å². The predicted octanol–water partition coefficient (Wildman–Crippen LogP) is 6.14. The molecule has 3 rings (SSSR count). The Bertz CT molecular complexity index is 888. The molecule has 1 fully saturated rings. The van der Waals surface area contributed by atoms with Crippen LogP contribution >= 0.6 is 11.3 Å². The van der Waals surface area contributed by atoms with Gasteiger partial charge < -0.3 is 9.84 Å². The van der Waals surface area contributed by atoms with E-state index in [4.69, 9.17) is 0 Å². The van der Waals surface area contributed by atoms with E-state index in [9.17, 15) is 18.3 Å². The first-order valence-electron chi connectivity index (χ1n) is 9.17. The molecule has 1 heterocycles. The highest BCUT2D eigenvalue weighted by atomic mass is 32.1. The molecule has 1 aliphatic rings. The van der Waals surface area contributed by atoms with E-state index < -0.39 is 17.7 Å². The molecule has 1 saturated carbocycles. The van der Waals surface area contributed by atoms with E-state index in [2.05, 4.69) is 14.7 Å². The highest BCUT2D eigenvalue weighted by Crippen LogP contribution is 2.54. The average molecular weight is 412 g/mol. The minimum Gasteiger partial charge on any atom is -0.403 e. The van der Waals surface area contributed by atoms with Gasteiger partial charge in [0.05, 0.1) is 5.60 Å². The molecule has 0 radical (unpaired) electrons. The molecule has 1 N–H and O–H groups in total. The predicted molar refractivity (Wildman–Crippen MR) is 104 cm³/mol. The van der Waals surface area contributed by atoms with E-state index in [0.29, 0.717) is 34.7 Å². The SMILES string of the molecule is CCC(C)C(C)=Nc1c(C)c(-c2nccs2)cc(C2(O)CC2)c1OC(F)(F)F. The summed E-state index contributed by atoms with van der Waals surface area (Å²) in [7, 11) is 0. The number of nitrogens with zero attached hydrogens (tertiary/aromatic N) is 2. The van der Waals surface area contributed by atoms with E-state index in [0.717, 1.165) is 6.42 Å². The maximum absolute atomic E-state index is 13.2. The number of rotatable bonds is 6. The number of benzene rings is 1. The molecular formula is C20H23F3N2O2S. The lowest BCUT2D eigenvalue weighted by Gasteiger charge is -2.22. The van der Waals surface area contributed by atoms with Crippen molar-refractivity contribution in [2.45, 2.75) is 58.9 Å². The normalized spacial score (nSPS) is 17.5. The van der Waals surface area contributed by atoms with Gasteiger partial charge >= 0.3 is 6.36 Å². The summed E-state index contributed by atoms with van der Waals surface area (Å²) in [6.07, 6.45) is -1.67. The first kappa shape index (κ1) is 20.8. The fraction of sp³-hybridized carbons (Fsp3) is 0.500. The number of ether oxygens (including phenoxy) is 1. The number of thiazole rings is 1. The number of aliphatic hydroxyl groups is 1. The van der Waals surface area contributed by atoms with Crippen LogP contribution in [0.4, 0.5) is 18.9 Å². The summed E-state index contributed by atoms with van der Waals surface area (Å²) >= 11 is 1.38. The van der Waals surface area contributed by atoms with Gasteiger partial charge in [0.25, 0.3) is 0 Å². The minimum absolute atomic E-state index is 0.106. The standard InChI is InChI=1S/C20H23F3N2O2S/c1-5-11(2)13(4)25-16-12(3)14(18-24-8-9-28-18)10-15(19(26)6-7-19)17(16)27-20(21,22)23/h8-11,26H,5-7H2,1-4H3. The first-order chi connectivity index (χ1) is 13.1. The van der Waals surface area contributed by atoms with E-state index in [1.807, 2.05) is 13.8 Å². The summed E-state index contributed by atoms with van der Waals surface area (Å²) in [6, 6.07) is 1.57. The number of aromatic nitrogens is 1. The van der Waals surface area contributed by atoms with Crippen LogP contribution in [-0.2, 0) is 5.60 Å². The van der Waals surface area contributed by atoms with Gasteiger partial charge in [-0.05, 0) is 50.7 Å². The Labute approximate surface area is 166 Å². The average Bonchev–Trinajstić information content (AvgIpc) is 3.14. The smallest absolute Gasteiger partial charge is 0.403 e. The molecule has 0 bridgehead atoms. The van der Waals surface area contributed by atoms with Crippen molar-refractivity contribution >= 4 is 22.7 Å². The number of hydrogen-bond acceptors (Lipinski definition) is 5. The molecule has 8 heteroatoms. The Morgan fingerprint density at radius 1 is 1.43 bits per heavy atom. The number of aliphatic imine (C=N–C) groups is 1. The molecule has 152 valence electrons. The van der Waals surface area contributed by atoms with Gasteiger partial charge in [-0.3, -0.25) is 4.99 Å². The summed E-state index contributed by atoms with van der Waals surface area (Å²) < 4.78 is 44.1. The molecule has 1 aromatic carbocycles. The number of hydrogen-bond donors (Lipinski definition) is 1. The van der Waals surface area contributed by atoms with Gasteiger partial charge in [0.15, 0.2) is 5.75 Å². The second-order valence-corrected chi connectivity index (χ2v) is 8.15. The Morgan fingerprint density at radius 3 is 2.61 bits per heavy atom. The molecule has 2 aromatic rings. The van der Waals surface area contributed by atoms with E-state index >= 15 is 0 Å². The van der Waals surface area contributed by atoms with Crippen molar-refractivity contribution in [3.63, 3.8) is 0 Å². The number of halogens is 3. The van der Waals surface area contributed by atoms with Gasteiger partial charge in [0.2, 0.25) is 0 Å². The quantitative estimate of drug-likeness (QED) is 0.580. The van der Waals surface area contributed by atoms with Crippen LogP contribution < -0.4 is 4.74 Å². The highest BCUT2D eigenvalue weighted by molar-refractivity contribution is 7.13. The zero-order valence-electron chi connectivity index (χ0n) is 16.2. The van der Waals surface area contributed by atoms with E-state index in [1.165, 1.54) is 11.3 Å². The molecule has 1 aliphatic carbocycles. The van der Waals surface area contributed by atoms with Crippen molar-refractivity contribution in [2.75, 3.05) is 0 Å². The summed E-state index contributed by atoms with van der Waals surface area (Å²) in [5.41, 5.74) is 0.826. The van der Waals surface area contributed by atoms with Crippen molar-refractivity contribution in [1.29, 1.82) is 0 Å². The molecule has 1 atom stereocenters. The van der Waals surface area contributed by atoms with Crippen LogP contribution in [0.5, 0.6) is 5.75 Å². The number of alkyl halides is 3. The third-order valence-corrected chi connectivity index (χ3v) is 6.03. The van der Waals surface area contributed by atoms with Gasteiger partial charge in [0, 0.05) is 28.4 Å². The van der Waals surface area contributed by atoms with Crippen molar-refractivity contribution in [1.82, 2.24) is 4.98 Å². The third kappa shape index (κ3) is 4.22. The Hall–Kier alpha value is -1.93. The molecule has 0 spiro atoms. The van der Waals surface area contributed by atoms with Crippen LogP contribution in [0, 0.1) is 12.8 Å². The van der Waals surface area contributed by atoms with Crippen molar-refractivity contribution in [3.8, 4) is 16.3 Å². The molecule has 4 nitrogen and oxygen atoms in total. The Morgan fingerprint density at radius 2 is 2.11 bits per heavy atom. The van der Waals surface area contributed by atoms with Crippen LogP contribution in [0.2, 0.25) is 0 Å². The second kappa shape index (κ2) is 7.48. The molecule has 1 unspecified atom stereocenters. The summed E-state index contributed by atoms with van der Waals surface area (Å²) in [5, 5.41) is 13.2. The zero-order valence-corrected chi connectivity index (χ0v) is 17.0.